The molecule has 7 heteroatoms. The first-order chi connectivity index (χ1) is 12.5. The molecule has 26 heavy (non-hydrogen) atoms. The Kier molecular flexibility index (Phi) is 5.27. The van der Waals surface area contributed by atoms with Crippen LogP contribution in [0.15, 0.2) is 41.0 Å². The Labute approximate surface area is 152 Å². The monoisotopic (exact) mass is 357 g/mol. The van der Waals surface area contributed by atoms with Gasteiger partial charge in [-0.1, -0.05) is 17.7 Å². The third kappa shape index (κ3) is 3.72. The molecule has 0 unspecified atom stereocenters. The summed E-state index contributed by atoms with van der Waals surface area (Å²) >= 11 is 0. The van der Waals surface area contributed by atoms with Crippen LogP contribution in [-0.4, -0.2) is 42.4 Å². The van der Waals surface area contributed by atoms with Crippen LogP contribution < -0.4 is 15.8 Å². The smallest absolute Gasteiger partial charge is 0.258 e. The molecule has 0 spiro atoms. The standard InChI is InChI=1S/C19H23N3O4/c1-12-3-5-14(6-4-12)26-11-17-15(7-8-25-17)19(24)22-10-13(20)9-16(22)18(23)21-2/h3-8,13,16H,9-11,20H2,1-2H3,(H,21,23)/t13-,16+/m1/s1. The highest BCUT2D eigenvalue weighted by Crippen LogP contribution is 2.23. The van der Waals surface area contributed by atoms with Gasteiger partial charge >= 0.3 is 0 Å². The summed E-state index contributed by atoms with van der Waals surface area (Å²) in [7, 11) is 1.55. The number of rotatable bonds is 5. The van der Waals surface area contributed by atoms with Crippen molar-refractivity contribution in [1.29, 1.82) is 0 Å². The van der Waals surface area contributed by atoms with E-state index in [1.54, 1.807) is 13.1 Å². The van der Waals surface area contributed by atoms with Crippen LogP contribution in [0.2, 0.25) is 0 Å². The van der Waals surface area contributed by atoms with Crippen molar-refractivity contribution < 1.29 is 18.7 Å². The first-order valence-corrected chi connectivity index (χ1v) is 8.53. The third-order valence-corrected chi connectivity index (χ3v) is 4.51. The molecule has 1 aliphatic heterocycles. The fourth-order valence-electron chi connectivity index (χ4n) is 3.09. The van der Waals surface area contributed by atoms with E-state index in [4.69, 9.17) is 14.9 Å². The Hall–Kier alpha value is -2.80. The molecule has 138 valence electrons. The highest BCUT2D eigenvalue weighted by molar-refractivity contribution is 5.98. The second-order valence-corrected chi connectivity index (χ2v) is 6.44. The van der Waals surface area contributed by atoms with Crippen molar-refractivity contribution >= 4 is 11.8 Å². The molecule has 0 saturated carbocycles. The minimum Gasteiger partial charge on any atom is -0.486 e. The molecule has 2 aromatic rings. The maximum atomic E-state index is 12.9. The number of nitrogens with zero attached hydrogens (tertiary/aromatic N) is 1. The number of ether oxygens (including phenoxy) is 1. The summed E-state index contributed by atoms with van der Waals surface area (Å²) < 4.78 is 11.1. The van der Waals surface area contributed by atoms with Gasteiger partial charge in [0.1, 0.15) is 18.4 Å². The van der Waals surface area contributed by atoms with Crippen molar-refractivity contribution in [2.45, 2.75) is 32.0 Å². The van der Waals surface area contributed by atoms with Gasteiger partial charge in [-0.15, -0.1) is 0 Å². The van der Waals surface area contributed by atoms with Crippen molar-refractivity contribution in [3.8, 4) is 5.75 Å². The van der Waals surface area contributed by atoms with E-state index in [0.29, 0.717) is 30.0 Å². The second kappa shape index (κ2) is 7.61. The highest BCUT2D eigenvalue weighted by Gasteiger charge is 2.39. The lowest BCUT2D eigenvalue weighted by atomic mass is 10.1. The van der Waals surface area contributed by atoms with Gasteiger partial charge in [-0.2, -0.15) is 0 Å². The van der Waals surface area contributed by atoms with Crippen LogP contribution >= 0.6 is 0 Å². The van der Waals surface area contributed by atoms with E-state index in [9.17, 15) is 9.59 Å². The van der Waals surface area contributed by atoms with Gasteiger partial charge in [-0.25, -0.2) is 0 Å². The third-order valence-electron chi connectivity index (χ3n) is 4.51. The molecule has 0 radical (unpaired) electrons. The maximum absolute atomic E-state index is 12.9. The van der Waals surface area contributed by atoms with Gasteiger partial charge in [-0.3, -0.25) is 9.59 Å². The number of likely N-dealkylation sites (tertiary alicyclic amines) is 1. The average Bonchev–Trinajstić information content (AvgIpc) is 3.26. The SMILES string of the molecule is CNC(=O)[C@@H]1C[C@@H](N)CN1C(=O)c1ccoc1COc1ccc(C)cc1. The van der Waals surface area contributed by atoms with Crippen LogP contribution in [0.25, 0.3) is 0 Å². The fourth-order valence-corrected chi connectivity index (χ4v) is 3.09. The normalized spacial score (nSPS) is 19.4. The minimum atomic E-state index is -0.566. The summed E-state index contributed by atoms with van der Waals surface area (Å²) in [6.45, 7) is 2.46. The molecule has 3 rings (SSSR count). The summed E-state index contributed by atoms with van der Waals surface area (Å²) in [5, 5.41) is 2.59. The molecule has 1 aromatic carbocycles. The zero-order chi connectivity index (χ0) is 18.7. The molecule has 7 nitrogen and oxygen atoms in total. The predicted octanol–water partition coefficient (Wildman–Crippen LogP) is 1.45. The van der Waals surface area contributed by atoms with Gasteiger partial charge in [0, 0.05) is 19.6 Å². The quantitative estimate of drug-likeness (QED) is 0.844. The van der Waals surface area contributed by atoms with E-state index in [1.165, 1.54) is 11.2 Å². The fraction of sp³-hybridized carbons (Fsp3) is 0.368. The molecule has 0 aliphatic carbocycles. The van der Waals surface area contributed by atoms with Gasteiger partial charge < -0.3 is 25.1 Å². The molecule has 1 aliphatic rings. The van der Waals surface area contributed by atoms with Gasteiger partial charge in [-0.05, 0) is 31.5 Å². The number of likely N-dealkylation sites (N-methyl/N-ethyl adjacent to an activating group) is 1. The van der Waals surface area contributed by atoms with E-state index >= 15 is 0 Å². The summed E-state index contributed by atoms with van der Waals surface area (Å²) in [5.74, 6) is 0.624. The Morgan fingerprint density at radius 1 is 1.31 bits per heavy atom. The number of nitrogens with one attached hydrogen (secondary N) is 1. The Morgan fingerprint density at radius 3 is 2.73 bits per heavy atom. The average molecular weight is 357 g/mol. The molecule has 2 atom stereocenters. The molecular formula is C19H23N3O4. The Bertz CT molecular complexity index is 784. The maximum Gasteiger partial charge on any atom is 0.258 e. The lowest BCUT2D eigenvalue weighted by molar-refractivity contribution is -0.124. The number of carbonyl (C=O) groups excluding carboxylic acids is 2. The van der Waals surface area contributed by atoms with E-state index in [2.05, 4.69) is 5.32 Å². The van der Waals surface area contributed by atoms with E-state index in [-0.39, 0.29) is 24.5 Å². The molecule has 2 amide bonds. The molecule has 2 heterocycles. The summed E-state index contributed by atoms with van der Waals surface area (Å²) in [6.07, 6.45) is 1.89. The van der Waals surface area contributed by atoms with Crippen LogP contribution in [0.3, 0.4) is 0 Å². The largest absolute Gasteiger partial charge is 0.486 e. The van der Waals surface area contributed by atoms with Gasteiger partial charge in [0.25, 0.3) is 5.91 Å². The second-order valence-electron chi connectivity index (χ2n) is 6.44. The Balaban J connectivity index is 1.73. The van der Waals surface area contributed by atoms with E-state index in [0.717, 1.165) is 5.56 Å². The molecule has 3 N–H and O–H groups in total. The number of furan rings is 1. The van der Waals surface area contributed by atoms with E-state index in [1.807, 2.05) is 31.2 Å². The lowest BCUT2D eigenvalue weighted by Gasteiger charge is -2.23. The van der Waals surface area contributed by atoms with Crippen LogP contribution in [-0.2, 0) is 11.4 Å². The summed E-state index contributed by atoms with van der Waals surface area (Å²) in [6, 6.07) is 8.43. The predicted molar refractivity (Wildman–Crippen MR) is 95.7 cm³/mol. The van der Waals surface area contributed by atoms with Gasteiger partial charge in [0.15, 0.2) is 5.76 Å². The van der Waals surface area contributed by atoms with Crippen LogP contribution in [0.1, 0.15) is 28.1 Å². The number of hydrogen-bond acceptors (Lipinski definition) is 5. The van der Waals surface area contributed by atoms with Crippen molar-refractivity contribution in [2.75, 3.05) is 13.6 Å². The van der Waals surface area contributed by atoms with Crippen LogP contribution in [0.4, 0.5) is 0 Å². The van der Waals surface area contributed by atoms with Gasteiger partial charge in [0.05, 0.1) is 11.8 Å². The van der Waals surface area contributed by atoms with Crippen molar-refractivity contribution in [3.05, 3.63) is 53.5 Å². The van der Waals surface area contributed by atoms with Gasteiger partial charge in [0.2, 0.25) is 5.91 Å². The Morgan fingerprint density at radius 2 is 2.04 bits per heavy atom. The number of nitrogens with two attached hydrogens (primary N) is 1. The lowest BCUT2D eigenvalue weighted by Crippen LogP contribution is -2.45. The summed E-state index contributed by atoms with van der Waals surface area (Å²) in [5.41, 5.74) is 7.49. The van der Waals surface area contributed by atoms with Crippen LogP contribution in [0.5, 0.6) is 5.75 Å². The molecule has 1 aromatic heterocycles. The highest BCUT2D eigenvalue weighted by atomic mass is 16.5. The zero-order valence-corrected chi connectivity index (χ0v) is 14.9. The van der Waals surface area contributed by atoms with Crippen molar-refractivity contribution in [3.63, 3.8) is 0 Å². The molecular weight excluding hydrogens is 334 g/mol. The number of carbonyl (C=O) groups is 2. The van der Waals surface area contributed by atoms with E-state index < -0.39 is 6.04 Å². The number of hydrogen-bond donors (Lipinski definition) is 2. The van der Waals surface area contributed by atoms with Crippen molar-refractivity contribution in [2.24, 2.45) is 5.73 Å². The van der Waals surface area contributed by atoms with Crippen LogP contribution in [0, 0.1) is 6.92 Å². The molecule has 0 bridgehead atoms. The van der Waals surface area contributed by atoms with Crippen molar-refractivity contribution in [1.82, 2.24) is 10.2 Å². The zero-order valence-electron chi connectivity index (χ0n) is 14.9. The molecule has 1 fully saturated rings. The molecule has 1 saturated heterocycles. The number of benzene rings is 1. The topological polar surface area (TPSA) is 97.8 Å². The number of amides is 2. The first-order valence-electron chi connectivity index (χ1n) is 8.53. The summed E-state index contributed by atoms with van der Waals surface area (Å²) in [4.78, 5) is 26.5. The first kappa shape index (κ1) is 18.0. The number of aryl methyl sites for hydroxylation is 1. The minimum absolute atomic E-state index is 0.127.